The molecular weight excluding hydrogens is 206 g/mol. The van der Waals surface area contributed by atoms with Gasteiger partial charge in [0.25, 0.3) is 0 Å². The van der Waals surface area contributed by atoms with Crippen molar-refractivity contribution < 1.29 is 9.47 Å². The highest BCUT2D eigenvalue weighted by Gasteiger charge is 2.39. The fourth-order valence-corrected chi connectivity index (χ4v) is 2.44. The first kappa shape index (κ1) is 11.7. The Labute approximate surface area is 96.6 Å². The maximum Gasteiger partial charge on any atom is 0.192 e. The van der Waals surface area contributed by atoms with E-state index in [1.807, 2.05) is 0 Å². The quantitative estimate of drug-likeness (QED) is 0.745. The molecule has 2 aliphatic rings. The molecule has 2 rings (SSSR count). The Kier molecular flexibility index (Phi) is 3.35. The number of hydrogen-bond acceptors (Lipinski definition) is 5. The van der Waals surface area contributed by atoms with E-state index in [4.69, 9.17) is 15.2 Å². The molecule has 2 atom stereocenters. The zero-order chi connectivity index (χ0) is 11.6. The zero-order valence-corrected chi connectivity index (χ0v) is 10.1. The highest BCUT2D eigenvalue weighted by Crippen LogP contribution is 2.24. The van der Waals surface area contributed by atoms with E-state index in [9.17, 15) is 0 Å². The van der Waals surface area contributed by atoms with Gasteiger partial charge in [-0.05, 0) is 19.8 Å². The van der Waals surface area contributed by atoms with Crippen molar-refractivity contribution in [2.24, 2.45) is 10.7 Å². The standard InChI is InChI=1S/C11H21N3O2/c1-11(8-15-2)7-13-10(12)14(11)6-9-4-3-5-16-9/h9H,3-8H2,1-2H3,(H2,12,13). The smallest absolute Gasteiger partial charge is 0.192 e. The van der Waals surface area contributed by atoms with Crippen molar-refractivity contribution in [2.45, 2.75) is 31.4 Å². The summed E-state index contributed by atoms with van der Waals surface area (Å²) in [6, 6.07) is 0. The Morgan fingerprint density at radius 3 is 3.12 bits per heavy atom. The van der Waals surface area contributed by atoms with E-state index in [-0.39, 0.29) is 5.54 Å². The second-order valence-electron chi connectivity index (χ2n) is 4.85. The molecule has 0 aromatic rings. The molecule has 0 aromatic heterocycles. The largest absolute Gasteiger partial charge is 0.382 e. The summed E-state index contributed by atoms with van der Waals surface area (Å²) in [5.74, 6) is 0.620. The lowest BCUT2D eigenvalue weighted by molar-refractivity contribution is 0.0366. The van der Waals surface area contributed by atoms with E-state index in [0.29, 0.717) is 25.2 Å². The molecule has 0 radical (unpaired) electrons. The molecule has 5 heteroatoms. The normalized spacial score (nSPS) is 34.5. The summed E-state index contributed by atoms with van der Waals surface area (Å²) in [5.41, 5.74) is 5.82. The number of ether oxygens (including phenoxy) is 2. The molecule has 0 bridgehead atoms. The summed E-state index contributed by atoms with van der Waals surface area (Å²) in [6.07, 6.45) is 2.56. The van der Waals surface area contributed by atoms with Crippen molar-refractivity contribution in [1.29, 1.82) is 0 Å². The predicted molar refractivity (Wildman–Crippen MR) is 62.5 cm³/mol. The lowest BCUT2D eigenvalue weighted by Crippen LogP contribution is -2.54. The van der Waals surface area contributed by atoms with Crippen LogP contribution in [0.1, 0.15) is 19.8 Å². The van der Waals surface area contributed by atoms with Crippen molar-refractivity contribution in [3.05, 3.63) is 0 Å². The number of nitrogens with zero attached hydrogens (tertiary/aromatic N) is 2. The van der Waals surface area contributed by atoms with Crippen LogP contribution in [0.2, 0.25) is 0 Å². The third-order valence-corrected chi connectivity index (χ3v) is 3.38. The number of hydrogen-bond donors (Lipinski definition) is 1. The number of methoxy groups -OCH3 is 1. The Hall–Kier alpha value is -0.810. The number of guanidine groups is 1. The van der Waals surface area contributed by atoms with Gasteiger partial charge in [-0.3, -0.25) is 4.99 Å². The Morgan fingerprint density at radius 1 is 1.69 bits per heavy atom. The molecular formula is C11H21N3O2. The van der Waals surface area contributed by atoms with Crippen LogP contribution in [0.15, 0.2) is 4.99 Å². The van der Waals surface area contributed by atoms with E-state index >= 15 is 0 Å². The summed E-state index contributed by atoms with van der Waals surface area (Å²) < 4.78 is 10.9. The molecule has 0 saturated carbocycles. The van der Waals surface area contributed by atoms with E-state index in [2.05, 4.69) is 16.8 Å². The van der Waals surface area contributed by atoms with Gasteiger partial charge < -0.3 is 20.1 Å². The van der Waals surface area contributed by atoms with Gasteiger partial charge >= 0.3 is 0 Å². The lowest BCUT2D eigenvalue weighted by atomic mass is 10.0. The van der Waals surface area contributed by atoms with Crippen LogP contribution in [0.4, 0.5) is 0 Å². The third-order valence-electron chi connectivity index (χ3n) is 3.38. The number of rotatable bonds is 4. The minimum atomic E-state index is -0.106. The van der Waals surface area contributed by atoms with E-state index < -0.39 is 0 Å². The second kappa shape index (κ2) is 4.59. The van der Waals surface area contributed by atoms with Crippen LogP contribution in [0, 0.1) is 0 Å². The van der Waals surface area contributed by atoms with Crippen molar-refractivity contribution in [2.75, 3.05) is 33.4 Å². The molecule has 0 aliphatic carbocycles. The van der Waals surface area contributed by atoms with Gasteiger partial charge in [-0.2, -0.15) is 0 Å². The molecule has 0 aromatic carbocycles. The van der Waals surface area contributed by atoms with Gasteiger partial charge in [0.15, 0.2) is 5.96 Å². The molecule has 1 fully saturated rings. The monoisotopic (exact) mass is 227 g/mol. The first-order chi connectivity index (χ1) is 7.65. The van der Waals surface area contributed by atoms with Gasteiger partial charge in [-0.1, -0.05) is 0 Å². The Morgan fingerprint density at radius 2 is 2.50 bits per heavy atom. The fraction of sp³-hybridized carbons (Fsp3) is 0.909. The van der Waals surface area contributed by atoms with Gasteiger partial charge in [-0.25, -0.2) is 0 Å². The maximum atomic E-state index is 5.93. The SMILES string of the molecule is COCC1(C)CN=C(N)N1CC1CCCO1. The van der Waals surface area contributed by atoms with E-state index in [1.54, 1.807) is 7.11 Å². The molecule has 0 amide bonds. The second-order valence-corrected chi connectivity index (χ2v) is 4.85. The minimum Gasteiger partial charge on any atom is -0.382 e. The average molecular weight is 227 g/mol. The van der Waals surface area contributed by atoms with Crippen LogP contribution in [-0.4, -0.2) is 55.9 Å². The fourth-order valence-electron chi connectivity index (χ4n) is 2.44. The highest BCUT2D eigenvalue weighted by atomic mass is 16.5. The first-order valence-electron chi connectivity index (χ1n) is 5.84. The Balaban J connectivity index is 2.00. The highest BCUT2D eigenvalue weighted by molar-refractivity contribution is 5.81. The molecule has 2 N–H and O–H groups in total. The first-order valence-corrected chi connectivity index (χ1v) is 5.84. The van der Waals surface area contributed by atoms with Crippen LogP contribution in [-0.2, 0) is 9.47 Å². The maximum absolute atomic E-state index is 5.93. The molecule has 2 unspecified atom stereocenters. The molecule has 5 nitrogen and oxygen atoms in total. The van der Waals surface area contributed by atoms with Crippen LogP contribution in [0.3, 0.4) is 0 Å². The van der Waals surface area contributed by atoms with Gasteiger partial charge in [0.2, 0.25) is 0 Å². The molecule has 92 valence electrons. The number of aliphatic imine (C=N–C) groups is 1. The third kappa shape index (κ3) is 2.15. The van der Waals surface area contributed by atoms with Crippen molar-refractivity contribution in [3.63, 3.8) is 0 Å². The molecule has 1 saturated heterocycles. The van der Waals surface area contributed by atoms with Crippen molar-refractivity contribution in [3.8, 4) is 0 Å². The number of nitrogens with two attached hydrogens (primary N) is 1. The molecule has 2 aliphatic heterocycles. The molecule has 0 spiro atoms. The van der Waals surface area contributed by atoms with Crippen molar-refractivity contribution in [1.82, 2.24) is 4.90 Å². The van der Waals surface area contributed by atoms with Crippen LogP contribution >= 0.6 is 0 Å². The average Bonchev–Trinajstić information content (AvgIpc) is 2.83. The van der Waals surface area contributed by atoms with E-state index in [1.165, 1.54) is 0 Å². The predicted octanol–water partition coefficient (Wildman–Crippen LogP) is 0.201. The summed E-state index contributed by atoms with van der Waals surface area (Å²) in [5, 5.41) is 0. The van der Waals surface area contributed by atoms with Gasteiger partial charge in [-0.15, -0.1) is 0 Å². The molecule has 16 heavy (non-hydrogen) atoms. The van der Waals surface area contributed by atoms with Crippen LogP contribution in [0.25, 0.3) is 0 Å². The van der Waals surface area contributed by atoms with Crippen LogP contribution < -0.4 is 5.73 Å². The van der Waals surface area contributed by atoms with E-state index in [0.717, 1.165) is 26.0 Å². The van der Waals surface area contributed by atoms with Crippen LogP contribution in [0.5, 0.6) is 0 Å². The summed E-state index contributed by atoms with van der Waals surface area (Å²) in [7, 11) is 1.71. The Bertz CT molecular complexity index is 276. The van der Waals surface area contributed by atoms with Gasteiger partial charge in [0, 0.05) is 20.3 Å². The molecule has 2 heterocycles. The van der Waals surface area contributed by atoms with Crippen molar-refractivity contribution >= 4 is 5.96 Å². The zero-order valence-electron chi connectivity index (χ0n) is 10.1. The summed E-state index contributed by atoms with van der Waals surface area (Å²) in [4.78, 5) is 6.45. The topological polar surface area (TPSA) is 60.1 Å². The minimum absolute atomic E-state index is 0.106. The summed E-state index contributed by atoms with van der Waals surface area (Å²) in [6.45, 7) is 5.18. The van der Waals surface area contributed by atoms with Gasteiger partial charge in [0.05, 0.1) is 24.8 Å². The summed E-state index contributed by atoms with van der Waals surface area (Å²) >= 11 is 0. The van der Waals surface area contributed by atoms with Gasteiger partial charge in [0.1, 0.15) is 0 Å². The lowest BCUT2D eigenvalue weighted by Gasteiger charge is -2.36.